The standard InChI is InChI=1S/C7H9N3O3/c8-3-7(13)10-4-5(11)1-2-6(9)12/h3-4,8H2,(H2,9,12)(H,10,13). The van der Waals surface area contributed by atoms with E-state index in [0.29, 0.717) is 0 Å². The maximum atomic E-state index is 10.7. The Hall–Kier alpha value is -1.87. The first-order valence-electron chi connectivity index (χ1n) is 3.37. The predicted octanol–water partition coefficient (Wildman–Crippen LogP) is -2.88. The summed E-state index contributed by atoms with van der Waals surface area (Å²) >= 11 is 0. The molecule has 0 bridgehead atoms. The van der Waals surface area contributed by atoms with E-state index in [1.165, 1.54) is 0 Å². The quantitative estimate of drug-likeness (QED) is 0.322. The van der Waals surface area contributed by atoms with Gasteiger partial charge in [-0.15, -0.1) is 0 Å². The molecule has 0 aliphatic heterocycles. The number of hydrogen-bond acceptors (Lipinski definition) is 4. The van der Waals surface area contributed by atoms with E-state index in [2.05, 4.69) is 11.1 Å². The molecule has 0 aromatic rings. The van der Waals surface area contributed by atoms with Gasteiger partial charge in [-0.1, -0.05) is 0 Å². The van der Waals surface area contributed by atoms with Crippen LogP contribution in [0.4, 0.5) is 0 Å². The number of hydrogen-bond donors (Lipinski definition) is 3. The van der Waals surface area contributed by atoms with Crippen LogP contribution in [0.25, 0.3) is 0 Å². The smallest absolute Gasteiger partial charge is 0.293 e. The van der Waals surface area contributed by atoms with Crippen LogP contribution in [0.5, 0.6) is 0 Å². The molecule has 0 aliphatic carbocycles. The zero-order valence-electron chi connectivity index (χ0n) is 6.79. The van der Waals surface area contributed by atoms with E-state index in [9.17, 15) is 14.4 Å². The third-order valence-corrected chi connectivity index (χ3v) is 0.957. The molecule has 0 heterocycles. The van der Waals surface area contributed by atoms with Crippen molar-refractivity contribution in [2.24, 2.45) is 11.5 Å². The Morgan fingerprint density at radius 1 is 1.23 bits per heavy atom. The fraction of sp³-hybridized carbons (Fsp3) is 0.286. The van der Waals surface area contributed by atoms with Crippen LogP contribution in [-0.4, -0.2) is 30.7 Å². The van der Waals surface area contributed by atoms with E-state index in [1.807, 2.05) is 11.8 Å². The molecule has 6 nitrogen and oxygen atoms in total. The maximum absolute atomic E-state index is 10.7. The first-order valence-corrected chi connectivity index (χ1v) is 3.37. The normalized spacial score (nSPS) is 8.08. The van der Waals surface area contributed by atoms with E-state index in [-0.39, 0.29) is 13.1 Å². The lowest BCUT2D eigenvalue weighted by atomic mass is 10.4. The third-order valence-electron chi connectivity index (χ3n) is 0.957. The molecular formula is C7H9N3O3. The SMILES string of the molecule is NCC(=O)NCC(=O)C#CC(N)=O. The van der Waals surface area contributed by atoms with Crippen molar-refractivity contribution in [3.63, 3.8) is 0 Å². The van der Waals surface area contributed by atoms with Crippen LogP contribution in [0, 0.1) is 11.8 Å². The minimum Gasteiger partial charge on any atom is -0.359 e. The van der Waals surface area contributed by atoms with Crippen LogP contribution < -0.4 is 16.8 Å². The second-order valence-corrected chi connectivity index (χ2v) is 2.02. The van der Waals surface area contributed by atoms with Crippen LogP contribution in [0.15, 0.2) is 0 Å². The highest BCUT2D eigenvalue weighted by molar-refractivity contribution is 6.04. The van der Waals surface area contributed by atoms with Crippen molar-refractivity contribution >= 4 is 17.6 Å². The Balaban J connectivity index is 3.85. The summed E-state index contributed by atoms with van der Waals surface area (Å²) in [6, 6.07) is 0. The van der Waals surface area contributed by atoms with Gasteiger partial charge in [-0.05, 0) is 5.92 Å². The third kappa shape index (κ3) is 6.52. The van der Waals surface area contributed by atoms with Crippen molar-refractivity contribution in [2.75, 3.05) is 13.1 Å². The number of nitrogens with one attached hydrogen (secondary N) is 1. The summed E-state index contributed by atoms with van der Waals surface area (Å²) in [6.45, 7) is -0.465. The molecule has 0 fully saturated rings. The van der Waals surface area contributed by atoms with E-state index >= 15 is 0 Å². The average molecular weight is 183 g/mol. The highest BCUT2D eigenvalue weighted by atomic mass is 16.2. The van der Waals surface area contributed by atoms with Gasteiger partial charge in [-0.3, -0.25) is 14.4 Å². The summed E-state index contributed by atoms with van der Waals surface area (Å²) in [7, 11) is 0. The van der Waals surface area contributed by atoms with Gasteiger partial charge in [0.1, 0.15) is 0 Å². The number of carbonyl (C=O) groups excluding carboxylic acids is 3. The lowest BCUT2D eigenvalue weighted by molar-refractivity contribution is -0.122. The molecule has 0 saturated carbocycles. The molecule has 0 aromatic heterocycles. The molecular weight excluding hydrogens is 174 g/mol. The summed E-state index contributed by atoms with van der Waals surface area (Å²) in [6.07, 6.45) is 0. The fourth-order valence-electron chi connectivity index (χ4n) is 0.427. The van der Waals surface area contributed by atoms with Crippen LogP contribution >= 0.6 is 0 Å². The van der Waals surface area contributed by atoms with Crippen molar-refractivity contribution in [3.05, 3.63) is 0 Å². The number of ketones is 1. The lowest BCUT2D eigenvalue weighted by Crippen LogP contribution is -2.34. The monoisotopic (exact) mass is 183 g/mol. The fourth-order valence-corrected chi connectivity index (χ4v) is 0.427. The van der Waals surface area contributed by atoms with E-state index < -0.39 is 17.6 Å². The van der Waals surface area contributed by atoms with Gasteiger partial charge in [0, 0.05) is 5.92 Å². The van der Waals surface area contributed by atoms with Gasteiger partial charge >= 0.3 is 0 Å². The molecule has 0 aromatic carbocycles. The Bertz CT molecular complexity index is 287. The largest absolute Gasteiger partial charge is 0.359 e. The van der Waals surface area contributed by atoms with E-state index in [4.69, 9.17) is 5.73 Å². The Kier molecular flexibility index (Phi) is 4.91. The molecule has 0 radical (unpaired) electrons. The molecule has 0 rings (SSSR count). The maximum Gasteiger partial charge on any atom is 0.293 e. The summed E-state index contributed by atoms with van der Waals surface area (Å²) in [5.41, 5.74) is 9.60. The first kappa shape index (κ1) is 11.1. The topological polar surface area (TPSA) is 115 Å². The Morgan fingerprint density at radius 3 is 2.31 bits per heavy atom. The summed E-state index contributed by atoms with van der Waals surface area (Å²) in [5, 5.41) is 2.19. The summed E-state index contributed by atoms with van der Waals surface area (Å²) in [4.78, 5) is 31.3. The minimum atomic E-state index is -0.890. The van der Waals surface area contributed by atoms with Gasteiger partial charge in [0.25, 0.3) is 5.91 Å². The number of amides is 2. The molecule has 0 aliphatic rings. The second kappa shape index (κ2) is 5.74. The zero-order chi connectivity index (χ0) is 10.3. The van der Waals surface area contributed by atoms with Gasteiger partial charge in [0.05, 0.1) is 13.1 Å². The Labute approximate surface area is 74.6 Å². The Morgan fingerprint density at radius 2 is 1.85 bits per heavy atom. The van der Waals surface area contributed by atoms with Crippen LogP contribution in [0.1, 0.15) is 0 Å². The number of rotatable bonds is 3. The summed E-state index contributed by atoms with van der Waals surface area (Å²) in [5.74, 6) is 1.84. The minimum absolute atomic E-state index is 0.198. The van der Waals surface area contributed by atoms with E-state index in [1.54, 1.807) is 0 Å². The van der Waals surface area contributed by atoms with Gasteiger partial charge in [0.15, 0.2) is 0 Å². The van der Waals surface area contributed by atoms with E-state index in [0.717, 1.165) is 0 Å². The van der Waals surface area contributed by atoms with Crippen LogP contribution in [0.2, 0.25) is 0 Å². The average Bonchev–Trinajstić information content (AvgIpc) is 2.10. The van der Waals surface area contributed by atoms with Crippen molar-refractivity contribution in [3.8, 4) is 11.8 Å². The van der Waals surface area contributed by atoms with Gasteiger partial charge in [-0.2, -0.15) is 0 Å². The van der Waals surface area contributed by atoms with Crippen molar-refractivity contribution in [1.82, 2.24) is 5.32 Å². The van der Waals surface area contributed by atoms with Gasteiger partial charge in [-0.25, -0.2) is 0 Å². The highest BCUT2D eigenvalue weighted by Gasteiger charge is 2.00. The second-order valence-electron chi connectivity index (χ2n) is 2.02. The molecule has 0 unspecified atom stereocenters. The van der Waals surface area contributed by atoms with Crippen LogP contribution in [-0.2, 0) is 14.4 Å². The molecule has 0 saturated heterocycles. The number of nitrogens with two attached hydrogens (primary N) is 2. The lowest BCUT2D eigenvalue weighted by Gasteiger charge is -1.96. The first-order chi connectivity index (χ1) is 6.06. The van der Waals surface area contributed by atoms with Gasteiger partial charge in [0.2, 0.25) is 11.7 Å². The van der Waals surface area contributed by atoms with Crippen LogP contribution in [0.3, 0.4) is 0 Å². The van der Waals surface area contributed by atoms with Crippen molar-refractivity contribution < 1.29 is 14.4 Å². The molecule has 0 spiro atoms. The highest BCUT2D eigenvalue weighted by Crippen LogP contribution is 1.67. The molecule has 2 amide bonds. The molecule has 13 heavy (non-hydrogen) atoms. The number of carbonyl (C=O) groups is 3. The van der Waals surface area contributed by atoms with Gasteiger partial charge < -0.3 is 16.8 Å². The van der Waals surface area contributed by atoms with Crippen molar-refractivity contribution in [2.45, 2.75) is 0 Å². The number of Topliss-reactive ketones (excluding diaryl/α,β-unsaturated/α-hetero) is 1. The molecule has 0 atom stereocenters. The summed E-state index contributed by atoms with van der Waals surface area (Å²) < 4.78 is 0. The number of primary amides is 1. The zero-order valence-corrected chi connectivity index (χ0v) is 6.79. The van der Waals surface area contributed by atoms with Crippen molar-refractivity contribution in [1.29, 1.82) is 0 Å². The molecule has 6 heteroatoms. The predicted molar refractivity (Wildman–Crippen MR) is 44.0 cm³/mol. The molecule has 5 N–H and O–H groups in total. The molecule has 70 valence electrons.